The lowest BCUT2D eigenvalue weighted by molar-refractivity contribution is -0.123. The number of ether oxygens (including phenoxy) is 1. The first-order chi connectivity index (χ1) is 8.52. The van der Waals surface area contributed by atoms with Gasteiger partial charge in [-0.2, -0.15) is 0 Å². The highest BCUT2D eigenvalue weighted by molar-refractivity contribution is 6.00. The third-order valence-corrected chi connectivity index (χ3v) is 3.06. The number of hydrogen-bond acceptors (Lipinski definition) is 4. The molecule has 1 aromatic rings. The molecule has 2 N–H and O–H groups in total. The number of nitrogens with zero attached hydrogens (tertiary/aromatic N) is 2. The number of methoxy groups -OCH3 is 1. The number of carbonyl (C=O) groups excluding carboxylic acids is 2. The van der Waals surface area contributed by atoms with Crippen LogP contribution in [0.3, 0.4) is 0 Å². The molecule has 1 atom stereocenters. The van der Waals surface area contributed by atoms with Crippen molar-refractivity contribution in [1.82, 2.24) is 4.98 Å². The van der Waals surface area contributed by atoms with Crippen molar-refractivity contribution in [3.05, 3.63) is 17.8 Å². The van der Waals surface area contributed by atoms with Gasteiger partial charge in [0.1, 0.15) is 0 Å². The SMILES string of the molecule is COc1ccc(N2CC(C(N)=O)CC2=O)c(C)n1. The van der Waals surface area contributed by atoms with E-state index in [1.54, 1.807) is 24.0 Å². The van der Waals surface area contributed by atoms with Gasteiger partial charge in [-0.3, -0.25) is 9.59 Å². The van der Waals surface area contributed by atoms with Crippen molar-refractivity contribution in [2.24, 2.45) is 11.7 Å². The quantitative estimate of drug-likeness (QED) is 0.831. The molecule has 0 bridgehead atoms. The van der Waals surface area contributed by atoms with Crippen LogP contribution in [0.5, 0.6) is 5.88 Å². The monoisotopic (exact) mass is 249 g/mol. The maximum atomic E-state index is 11.9. The Labute approximate surface area is 105 Å². The number of pyridine rings is 1. The van der Waals surface area contributed by atoms with Crippen molar-refractivity contribution < 1.29 is 14.3 Å². The summed E-state index contributed by atoms with van der Waals surface area (Å²) in [6, 6.07) is 3.45. The zero-order valence-corrected chi connectivity index (χ0v) is 10.3. The summed E-state index contributed by atoms with van der Waals surface area (Å²) in [6.45, 7) is 2.12. The average molecular weight is 249 g/mol. The molecule has 18 heavy (non-hydrogen) atoms. The van der Waals surface area contributed by atoms with Crippen molar-refractivity contribution in [3.8, 4) is 5.88 Å². The number of anilines is 1. The summed E-state index contributed by atoms with van der Waals surface area (Å²) in [6.07, 6.45) is 0.167. The summed E-state index contributed by atoms with van der Waals surface area (Å²) in [4.78, 5) is 28.7. The molecule has 2 amide bonds. The zero-order chi connectivity index (χ0) is 13.3. The Morgan fingerprint density at radius 2 is 2.28 bits per heavy atom. The van der Waals surface area contributed by atoms with Crippen molar-refractivity contribution >= 4 is 17.5 Å². The van der Waals surface area contributed by atoms with E-state index in [1.807, 2.05) is 0 Å². The van der Waals surface area contributed by atoms with Crippen molar-refractivity contribution in [1.29, 1.82) is 0 Å². The molecule has 0 aliphatic carbocycles. The van der Waals surface area contributed by atoms with E-state index in [4.69, 9.17) is 10.5 Å². The van der Waals surface area contributed by atoms with Crippen LogP contribution in [0.15, 0.2) is 12.1 Å². The summed E-state index contributed by atoms with van der Waals surface area (Å²) >= 11 is 0. The molecule has 0 spiro atoms. The fraction of sp³-hybridized carbons (Fsp3) is 0.417. The topological polar surface area (TPSA) is 85.5 Å². The van der Waals surface area contributed by atoms with Gasteiger partial charge in [0, 0.05) is 19.0 Å². The van der Waals surface area contributed by atoms with Gasteiger partial charge in [0.05, 0.1) is 24.4 Å². The molecule has 1 fully saturated rings. The van der Waals surface area contributed by atoms with Crippen LogP contribution < -0.4 is 15.4 Å². The lowest BCUT2D eigenvalue weighted by Crippen LogP contribution is -2.29. The first kappa shape index (κ1) is 12.3. The Balaban J connectivity index is 2.27. The predicted molar refractivity (Wildman–Crippen MR) is 65.2 cm³/mol. The average Bonchev–Trinajstić information content (AvgIpc) is 2.71. The highest BCUT2D eigenvalue weighted by atomic mass is 16.5. The molecule has 1 aliphatic rings. The predicted octanol–water partition coefficient (Wildman–Crippen LogP) is 0.237. The Kier molecular flexibility index (Phi) is 3.18. The Bertz CT molecular complexity index is 501. The number of carbonyl (C=O) groups is 2. The first-order valence-corrected chi connectivity index (χ1v) is 5.64. The molecule has 6 heteroatoms. The maximum absolute atomic E-state index is 11.9. The van der Waals surface area contributed by atoms with Crippen molar-refractivity contribution in [2.75, 3.05) is 18.6 Å². The largest absolute Gasteiger partial charge is 0.481 e. The molecule has 1 unspecified atom stereocenters. The van der Waals surface area contributed by atoms with Crippen LogP contribution in [-0.2, 0) is 9.59 Å². The number of rotatable bonds is 3. The molecule has 1 aromatic heterocycles. The minimum absolute atomic E-state index is 0.103. The summed E-state index contributed by atoms with van der Waals surface area (Å²) in [5, 5.41) is 0. The van der Waals surface area contributed by atoms with E-state index in [0.29, 0.717) is 23.8 Å². The Morgan fingerprint density at radius 1 is 1.56 bits per heavy atom. The molecule has 2 rings (SSSR count). The van der Waals surface area contributed by atoms with E-state index in [9.17, 15) is 9.59 Å². The van der Waals surface area contributed by atoms with Crippen LogP contribution in [-0.4, -0.2) is 30.5 Å². The smallest absolute Gasteiger partial charge is 0.227 e. The van der Waals surface area contributed by atoms with Gasteiger partial charge in [-0.05, 0) is 13.0 Å². The fourth-order valence-corrected chi connectivity index (χ4v) is 2.06. The van der Waals surface area contributed by atoms with E-state index in [1.165, 1.54) is 7.11 Å². The number of nitrogens with two attached hydrogens (primary N) is 1. The lowest BCUT2D eigenvalue weighted by Gasteiger charge is -2.18. The molecule has 1 aliphatic heterocycles. The summed E-state index contributed by atoms with van der Waals surface area (Å²) in [7, 11) is 1.53. The molecular formula is C12H15N3O3. The second-order valence-electron chi connectivity index (χ2n) is 4.27. The third-order valence-electron chi connectivity index (χ3n) is 3.06. The minimum atomic E-state index is -0.440. The van der Waals surface area contributed by atoms with E-state index >= 15 is 0 Å². The fourth-order valence-electron chi connectivity index (χ4n) is 2.06. The summed E-state index contributed by atoms with van der Waals surface area (Å²) in [5.74, 6) is -0.466. The van der Waals surface area contributed by atoms with Crippen molar-refractivity contribution in [3.63, 3.8) is 0 Å². The number of amides is 2. The van der Waals surface area contributed by atoms with Gasteiger partial charge < -0.3 is 15.4 Å². The van der Waals surface area contributed by atoms with Gasteiger partial charge in [0.15, 0.2) is 0 Å². The van der Waals surface area contributed by atoms with Crippen LogP contribution in [0.4, 0.5) is 5.69 Å². The number of aromatic nitrogens is 1. The first-order valence-electron chi connectivity index (χ1n) is 5.64. The number of hydrogen-bond donors (Lipinski definition) is 1. The van der Waals surface area contributed by atoms with E-state index in [-0.39, 0.29) is 12.3 Å². The maximum Gasteiger partial charge on any atom is 0.227 e. The molecule has 6 nitrogen and oxygen atoms in total. The zero-order valence-electron chi connectivity index (χ0n) is 10.3. The van der Waals surface area contributed by atoms with E-state index in [2.05, 4.69) is 4.98 Å². The van der Waals surface area contributed by atoms with Crippen LogP contribution in [0.2, 0.25) is 0 Å². The van der Waals surface area contributed by atoms with Crippen LogP contribution in [0, 0.1) is 12.8 Å². The second kappa shape index (κ2) is 4.64. The summed E-state index contributed by atoms with van der Waals surface area (Å²) < 4.78 is 5.01. The van der Waals surface area contributed by atoms with Crippen LogP contribution in [0.1, 0.15) is 12.1 Å². The van der Waals surface area contributed by atoms with Gasteiger partial charge in [-0.1, -0.05) is 0 Å². The molecule has 0 saturated carbocycles. The highest BCUT2D eigenvalue weighted by Crippen LogP contribution is 2.28. The standard InChI is InChI=1S/C12H15N3O3/c1-7-9(3-4-10(14-7)18-2)15-6-8(12(13)17)5-11(15)16/h3-4,8H,5-6H2,1-2H3,(H2,13,17). The van der Waals surface area contributed by atoms with Crippen LogP contribution >= 0.6 is 0 Å². The van der Waals surface area contributed by atoms with Crippen LogP contribution in [0.25, 0.3) is 0 Å². The van der Waals surface area contributed by atoms with Gasteiger partial charge in [-0.25, -0.2) is 4.98 Å². The molecule has 96 valence electrons. The summed E-state index contributed by atoms with van der Waals surface area (Å²) in [5.41, 5.74) is 6.62. The van der Waals surface area contributed by atoms with Gasteiger partial charge in [0.2, 0.25) is 17.7 Å². The Hall–Kier alpha value is -2.11. The van der Waals surface area contributed by atoms with Gasteiger partial charge in [0.25, 0.3) is 0 Å². The molecule has 0 radical (unpaired) electrons. The Morgan fingerprint density at radius 3 is 2.78 bits per heavy atom. The van der Waals surface area contributed by atoms with Gasteiger partial charge >= 0.3 is 0 Å². The molecule has 1 saturated heterocycles. The van der Waals surface area contributed by atoms with Crippen molar-refractivity contribution in [2.45, 2.75) is 13.3 Å². The second-order valence-corrected chi connectivity index (χ2v) is 4.27. The lowest BCUT2D eigenvalue weighted by atomic mass is 10.1. The van der Waals surface area contributed by atoms with E-state index < -0.39 is 11.8 Å². The normalized spacial score (nSPS) is 19.1. The third kappa shape index (κ3) is 2.13. The molecular weight excluding hydrogens is 234 g/mol. The molecule has 2 heterocycles. The number of aryl methyl sites for hydroxylation is 1. The minimum Gasteiger partial charge on any atom is -0.481 e. The molecule has 0 aromatic carbocycles. The van der Waals surface area contributed by atoms with E-state index in [0.717, 1.165) is 0 Å². The highest BCUT2D eigenvalue weighted by Gasteiger charge is 2.34. The van der Waals surface area contributed by atoms with Gasteiger partial charge in [-0.15, -0.1) is 0 Å². The number of primary amides is 1.